The molecule has 0 aliphatic heterocycles. The van der Waals surface area contributed by atoms with E-state index in [4.69, 9.17) is 10.00 Å². The van der Waals surface area contributed by atoms with Gasteiger partial charge in [-0.05, 0) is 18.4 Å². The van der Waals surface area contributed by atoms with E-state index < -0.39 is 12.1 Å². The molecule has 0 saturated carbocycles. The van der Waals surface area contributed by atoms with Crippen molar-refractivity contribution in [2.75, 3.05) is 20.3 Å². The summed E-state index contributed by atoms with van der Waals surface area (Å²) in [7, 11) is 1.23. The Morgan fingerprint density at radius 3 is 2.81 bits per heavy atom. The number of thiophene rings is 1. The molecule has 1 heterocycles. The van der Waals surface area contributed by atoms with Crippen molar-refractivity contribution in [1.82, 2.24) is 4.90 Å². The molecule has 6 nitrogen and oxygen atoms in total. The van der Waals surface area contributed by atoms with Gasteiger partial charge < -0.3 is 9.47 Å². The molecule has 0 aliphatic rings. The van der Waals surface area contributed by atoms with Crippen LogP contribution in [0.5, 0.6) is 0 Å². The summed E-state index contributed by atoms with van der Waals surface area (Å²) in [4.78, 5) is 25.2. The highest BCUT2D eigenvalue weighted by atomic mass is 32.1. The molecule has 7 heteroatoms. The van der Waals surface area contributed by atoms with Crippen LogP contribution in [0.25, 0.3) is 0 Å². The molecule has 1 aromatic rings. The largest absolute Gasteiger partial charge is 0.468 e. The van der Waals surface area contributed by atoms with Gasteiger partial charge >= 0.3 is 12.1 Å². The van der Waals surface area contributed by atoms with Crippen LogP contribution in [0.4, 0.5) is 4.79 Å². The lowest BCUT2D eigenvalue weighted by atomic mass is 10.2. The SMILES string of the molecule is CCOC(=O)N(/C=C(/C#N)Cc1cccs1)CC(=O)OC. The minimum atomic E-state index is -0.693. The Bertz CT molecular complexity index is 546. The molecule has 1 amide bonds. The molecule has 1 rings (SSSR count). The lowest BCUT2D eigenvalue weighted by molar-refractivity contribution is -0.141. The van der Waals surface area contributed by atoms with Crippen molar-refractivity contribution in [2.24, 2.45) is 0 Å². The molecule has 0 N–H and O–H groups in total. The second kappa shape index (κ2) is 8.76. The average molecular weight is 308 g/mol. The molecule has 1 aromatic heterocycles. The van der Waals surface area contributed by atoms with Gasteiger partial charge in [-0.2, -0.15) is 5.26 Å². The topological polar surface area (TPSA) is 79.6 Å². The van der Waals surface area contributed by atoms with E-state index in [1.165, 1.54) is 24.6 Å². The van der Waals surface area contributed by atoms with Crippen LogP contribution in [0.15, 0.2) is 29.3 Å². The Kier molecular flexibility index (Phi) is 6.98. The number of amides is 1. The smallest absolute Gasteiger partial charge is 0.414 e. The molecule has 0 atom stereocenters. The highest BCUT2D eigenvalue weighted by Crippen LogP contribution is 2.14. The molecule has 0 radical (unpaired) electrons. The Hall–Kier alpha value is -2.33. The molecule has 0 fully saturated rings. The number of nitrogens with zero attached hydrogens (tertiary/aromatic N) is 2. The summed E-state index contributed by atoms with van der Waals surface area (Å²) in [6.07, 6.45) is 1.03. The van der Waals surface area contributed by atoms with Crippen LogP contribution in [-0.2, 0) is 20.7 Å². The molecule has 0 bridgehead atoms. The number of carbonyl (C=O) groups is 2. The van der Waals surface area contributed by atoms with Gasteiger partial charge in [0.05, 0.1) is 25.4 Å². The second-order valence-electron chi connectivity index (χ2n) is 3.93. The summed E-state index contributed by atoms with van der Waals surface area (Å²) >= 11 is 1.51. The summed E-state index contributed by atoms with van der Waals surface area (Å²) in [5.41, 5.74) is 0.356. The first-order valence-corrected chi connectivity index (χ1v) is 7.12. The predicted molar refractivity (Wildman–Crippen MR) is 77.5 cm³/mol. The van der Waals surface area contributed by atoms with Crippen LogP contribution in [0.3, 0.4) is 0 Å². The molecular formula is C14H16N2O4S. The van der Waals surface area contributed by atoms with E-state index in [0.717, 1.165) is 9.78 Å². The van der Waals surface area contributed by atoms with Crippen LogP contribution in [0.2, 0.25) is 0 Å². The first-order valence-electron chi connectivity index (χ1n) is 6.24. The van der Waals surface area contributed by atoms with Crippen LogP contribution in [0.1, 0.15) is 11.8 Å². The maximum atomic E-state index is 11.8. The van der Waals surface area contributed by atoms with Crippen molar-refractivity contribution in [2.45, 2.75) is 13.3 Å². The highest BCUT2D eigenvalue weighted by Gasteiger charge is 2.18. The van der Waals surface area contributed by atoms with Gasteiger partial charge in [-0.3, -0.25) is 9.69 Å². The molecule has 0 aliphatic carbocycles. The van der Waals surface area contributed by atoms with Gasteiger partial charge in [0, 0.05) is 17.5 Å². The van der Waals surface area contributed by atoms with Gasteiger partial charge in [0.15, 0.2) is 0 Å². The molecular weight excluding hydrogens is 292 g/mol. The minimum Gasteiger partial charge on any atom is -0.468 e. The quantitative estimate of drug-likeness (QED) is 0.595. The van der Waals surface area contributed by atoms with E-state index >= 15 is 0 Å². The van der Waals surface area contributed by atoms with E-state index in [2.05, 4.69) is 4.74 Å². The Balaban J connectivity index is 2.89. The van der Waals surface area contributed by atoms with Crippen molar-refractivity contribution < 1.29 is 19.1 Å². The first-order chi connectivity index (χ1) is 10.1. The van der Waals surface area contributed by atoms with Crippen molar-refractivity contribution in [3.63, 3.8) is 0 Å². The zero-order valence-corrected chi connectivity index (χ0v) is 12.7. The monoisotopic (exact) mass is 308 g/mol. The van der Waals surface area contributed by atoms with Crippen LogP contribution in [0, 0.1) is 11.3 Å². The number of esters is 1. The fraction of sp³-hybridized carbons (Fsp3) is 0.357. The van der Waals surface area contributed by atoms with Crippen molar-refractivity contribution in [3.05, 3.63) is 34.2 Å². The summed E-state index contributed by atoms with van der Waals surface area (Å²) in [6, 6.07) is 5.80. The second-order valence-corrected chi connectivity index (χ2v) is 4.96. The maximum absolute atomic E-state index is 11.8. The highest BCUT2D eigenvalue weighted by molar-refractivity contribution is 7.09. The van der Waals surface area contributed by atoms with Gasteiger partial charge in [-0.15, -0.1) is 11.3 Å². The normalized spacial score (nSPS) is 10.6. The number of carbonyl (C=O) groups excluding carboxylic acids is 2. The maximum Gasteiger partial charge on any atom is 0.414 e. The van der Waals surface area contributed by atoms with Gasteiger partial charge in [0.2, 0.25) is 0 Å². The van der Waals surface area contributed by atoms with E-state index in [1.807, 2.05) is 23.6 Å². The Morgan fingerprint density at radius 2 is 2.29 bits per heavy atom. The third-order valence-corrected chi connectivity index (χ3v) is 3.31. The van der Waals surface area contributed by atoms with E-state index in [-0.39, 0.29) is 13.2 Å². The molecule has 112 valence electrons. The molecule has 21 heavy (non-hydrogen) atoms. The van der Waals surface area contributed by atoms with Crippen molar-refractivity contribution in [3.8, 4) is 6.07 Å². The lowest BCUT2D eigenvalue weighted by Gasteiger charge is -2.16. The number of allylic oxidation sites excluding steroid dienone is 1. The molecule has 0 unspecified atom stereocenters. The Morgan fingerprint density at radius 1 is 1.52 bits per heavy atom. The zero-order valence-electron chi connectivity index (χ0n) is 11.9. The standard InChI is InChI=1S/C14H16N2O4S/c1-3-20-14(18)16(10-13(17)19-2)9-11(8-15)7-12-5-4-6-21-12/h4-6,9H,3,7,10H2,1-2H3/b11-9+. The van der Waals surface area contributed by atoms with E-state index in [1.54, 1.807) is 6.92 Å². The third-order valence-electron chi connectivity index (χ3n) is 2.43. The number of methoxy groups -OCH3 is 1. The van der Waals surface area contributed by atoms with Gasteiger partial charge in [-0.25, -0.2) is 4.79 Å². The fourth-order valence-electron chi connectivity index (χ4n) is 1.48. The zero-order chi connectivity index (χ0) is 15.7. The number of nitriles is 1. The molecule has 0 saturated heterocycles. The molecule has 0 aromatic carbocycles. The average Bonchev–Trinajstić information content (AvgIpc) is 2.98. The lowest BCUT2D eigenvalue weighted by Crippen LogP contribution is -2.32. The minimum absolute atomic E-state index is 0.178. The fourth-order valence-corrected chi connectivity index (χ4v) is 2.20. The van der Waals surface area contributed by atoms with Crippen LogP contribution >= 0.6 is 11.3 Å². The number of ether oxygens (including phenoxy) is 2. The number of hydrogen-bond donors (Lipinski definition) is 0. The van der Waals surface area contributed by atoms with Crippen LogP contribution in [-0.4, -0.2) is 37.2 Å². The third kappa shape index (κ3) is 5.67. The first kappa shape index (κ1) is 16.7. The van der Waals surface area contributed by atoms with Crippen molar-refractivity contribution >= 4 is 23.4 Å². The summed E-state index contributed by atoms with van der Waals surface area (Å²) in [5.74, 6) is -0.590. The van der Waals surface area contributed by atoms with E-state index in [0.29, 0.717) is 12.0 Å². The van der Waals surface area contributed by atoms with Crippen molar-refractivity contribution in [1.29, 1.82) is 5.26 Å². The number of rotatable bonds is 6. The number of hydrogen-bond acceptors (Lipinski definition) is 6. The van der Waals surface area contributed by atoms with Gasteiger partial charge in [0.1, 0.15) is 6.54 Å². The summed E-state index contributed by atoms with van der Waals surface area (Å²) in [6.45, 7) is 1.54. The van der Waals surface area contributed by atoms with E-state index in [9.17, 15) is 9.59 Å². The van der Waals surface area contributed by atoms with Crippen LogP contribution < -0.4 is 0 Å². The summed E-state index contributed by atoms with van der Waals surface area (Å²) < 4.78 is 9.39. The van der Waals surface area contributed by atoms with Gasteiger partial charge in [-0.1, -0.05) is 6.07 Å². The summed E-state index contributed by atoms with van der Waals surface area (Å²) in [5, 5.41) is 11.1. The Labute approximate surface area is 127 Å². The van der Waals surface area contributed by atoms with Gasteiger partial charge in [0.25, 0.3) is 0 Å². The molecule has 0 spiro atoms. The predicted octanol–water partition coefficient (Wildman–Crippen LogP) is 2.33.